The molecule has 2 N–H and O–H groups in total. The molecule has 2 aromatic rings. The second-order valence-electron chi connectivity index (χ2n) is 5.27. The number of halogens is 5. The zero-order valence-corrected chi connectivity index (χ0v) is 13.7. The van der Waals surface area contributed by atoms with E-state index in [0.29, 0.717) is 6.07 Å². The quantitative estimate of drug-likeness (QED) is 0.741. The van der Waals surface area contributed by atoms with Crippen LogP contribution in [-0.4, -0.2) is 18.4 Å². The van der Waals surface area contributed by atoms with Crippen LogP contribution in [0.4, 0.5) is 33.3 Å². The Kier molecular flexibility index (Phi) is 5.98. The summed E-state index contributed by atoms with van der Waals surface area (Å²) in [6.07, 6.45) is -4.84. The smallest absolute Gasteiger partial charge is 0.418 e. The number of benzene rings is 2. The van der Waals surface area contributed by atoms with Crippen LogP contribution in [-0.2, 0) is 11.0 Å². The van der Waals surface area contributed by atoms with Crippen molar-refractivity contribution in [2.45, 2.75) is 19.7 Å². The lowest BCUT2D eigenvalue weighted by atomic mass is 10.1. The Morgan fingerprint density at radius 1 is 1.04 bits per heavy atom. The summed E-state index contributed by atoms with van der Waals surface area (Å²) in [6.45, 7) is -2.08. The number of nitrogens with one attached hydrogen (secondary N) is 2. The number of carbonyl (C=O) groups excluding carboxylic acids is 2. The van der Waals surface area contributed by atoms with E-state index in [1.54, 1.807) is 0 Å². The third kappa shape index (κ3) is 5.40. The number of amides is 2. The first kappa shape index (κ1) is 20.1. The van der Waals surface area contributed by atoms with Gasteiger partial charge in [-0.05, 0) is 30.3 Å². The molecule has 2 amide bonds. The topological polar surface area (TPSA) is 67.4 Å². The van der Waals surface area contributed by atoms with Crippen LogP contribution in [0.5, 0.6) is 5.75 Å². The van der Waals surface area contributed by atoms with Crippen molar-refractivity contribution in [1.82, 2.24) is 0 Å². The number of ether oxygens (including phenoxy) is 1. The molecule has 0 saturated heterocycles. The van der Waals surface area contributed by atoms with E-state index in [4.69, 9.17) is 0 Å². The van der Waals surface area contributed by atoms with E-state index in [-0.39, 0.29) is 11.3 Å². The van der Waals surface area contributed by atoms with Crippen molar-refractivity contribution < 1.29 is 36.3 Å². The largest absolute Gasteiger partial charge is 0.434 e. The number of rotatable bonds is 5. The van der Waals surface area contributed by atoms with Crippen LogP contribution in [0.2, 0.25) is 0 Å². The highest BCUT2D eigenvalue weighted by Gasteiger charge is 2.34. The average molecular weight is 388 g/mol. The average Bonchev–Trinajstić information content (AvgIpc) is 2.54. The van der Waals surface area contributed by atoms with Gasteiger partial charge in [-0.2, -0.15) is 22.0 Å². The van der Waals surface area contributed by atoms with Gasteiger partial charge in [0.1, 0.15) is 5.75 Å². The number of hydrogen-bond acceptors (Lipinski definition) is 3. The molecule has 0 fully saturated rings. The Labute approximate surface area is 150 Å². The molecule has 0 unspecified atom stereocenters. The zero-order chi connectivity index (χ0) is 20.2. The molecule has 0 aliphatic rings. The van der Waals surface area contributed by atoms with Crippen molar-refractivity contribution >= 4 is 23.2 Å². The zero-order valence-electron chi connectivity index (χ0n) is 13.7. The molecule has 0 atom stereocenters. The molecule has 0 bridgehead atoms. The maximum Gasteiger partial charge on any atom is 0.418 e. The van der Waals surface area contributed by atoms with Crippen LogP contribution in [0.25, 0.3) is 0 Å². The number of alkyl halides is 5. The highest BCUT2D eigenvalue weighted by molar-refractivity contribution is 6.06. The van der Waals surface area contributed by atoms with E-state index in [0.717, 1.165) is 31.2 Å². The summed E-state index contributed by atoms with van der Waals surface area (Å²) in [5, 5.41) is 4.24. The second kappa shape index (κ2) is 8.02. The van der Waals surface area contributed by atoms with E-state index < -0.39 is 41.6 Å². The molecule has 0 spiro atoms. The summed E-state index contributed by atoms with van der Waals surface area (Å²) in [4.78, 5) is 23.3. The van der Waals surface area contributed by atoms with Gasteiger partial charge in [0.15, 0.2) is 0 Å². The SMILES string of the molecule is CC(=O)Nc1ccc(NC(=O)c2ccccc2OC(F)F)c(C(F)(F)F)c1. The molecule has 0 saturated carbocycles. The van der Waals surface area contributed by atoms with Crippen LogP contribution < -0.4 is 15.4 Å². The molecule has 5 nitrogen and oxygen atoms in total. The van der Waals surface area contributed by atoms with Gasteiger partial charge in [-0.1, -0.05) is 12.1 Å². The van der Waals surface area contributed by atoms with E-state index >= 15 is 0 Å². The number of carbonyl (C=O) groups is 2. The summed E-state index contributed by atoms with van der Waals surface area (Å²) in [6, 6.07) is 7.65. The van der Waals surface area contributed by atoms with Crippen LogP contribution >= 0.6 is 0 Å². The fourth-order valence-electron chi connectivity index (χ4n) is 2.21. The number of hydrogen-bond donors (Lipinski definition) is 2. The predicted octanol–water partition coefficient (Wildman–Crippen LogP) is 4.52. The standard InChI is InChI=1S/C17H13F5N2O3/c1-9(25)23-10-6-7-13(12(8-10)17(20,21)22)24-15(26)11-4-2-3-5-14(11)27-16(18)19/h2-8,16H,1H3,(H,23,25)(H,24,26). The first-order valence-electron chi connectivity index (χ1n) is 7.42. The molecule has 0 radical (unpaired) electrons. The fraction of sp³-hybridized carbons (Fsp3) is 0.176. The van der Waals surface area contributed by atoms with E-state index in [1.165, 1.54) is 12.1 Å². The maximum absolute atomic E-state index is 13.3. The van der Waals surface area contributed by atoms with Gasteiger partial charge < -0.3 is 15.4 Å². The minimum atomic E-state index is -4.84. The molecule has 144 valence electrons. The molecule has 0 aromatic heterocycles. The minimum Gasteiger partial charge on any atom is -0.434 e. The van der Waals surface area contributed by atoms with E-state index in [9.17, 15) is 31.5 Å². The monoisotopic (exact) mass is 388 g/mol. The van der Waals surface area contributed by atoms with Crippen molar-refractivity contribution in [3.63, 3.8) is 0 Å². The third-order valence-electron chi connectivity index (χ3n) is 3.24. The molecular weight excluding hydrogens is 375 g/mol. The van der Waals surface area contributed by atoms with Gasteiger partial charge in [0, 0.05) is 12.6 Å². The third-order valence-corrected chi connectivity index (χ3v) is 3.24. The van der Waals surface area contributed by atoms with Gasteiger partial charge in [-0.3, -0.25) is 9.59 Å². The summed E-state index contributed by atoms with van der Waals surface area (Å²) in [5.41, 5.74) is -2.30. The van der Waals surface area contributed by atoms with Crippen LogP contribution in [0.3, 0.4) is 0 Å². The number of anilines is 2. The first-order valence-corrected chi connectivity index (χ1v) is 7.42. The van der Waals surface area contributed by atoms with E-state index in [2.05, 4.69) is 10.1 Å². The Morgan fingerprint density at radius 2 is 1.70 bits per heavy atom. The summed E-state index contributed by atoms with van der Waals surface area (Å²) in [7, 11) is 0. The molecular formula is C17H13F5N2O3. The highest BCUT2D eigenvalue weighted by Crippen LogP contribution is 2.37. The Bertz CT molecular complexity index is 853. The van der Waals surface area contributed by atoms with Crippen molar-refractivity contribution in [2.75, 3.05) is 10.6 Å². The Hall–Kier alpha value is -3.17. The summed E-state index contributed by atoms with van der Waals surface area (Å²) < 4.78 is 68.9. The molecule has 0 heterocycles. The van der Waals surface area contributed by atoms with Crippen molar-refractivity contribution in [3.05, 3.63) is 53.6 Å². The molecule has 2 aromatic carbocycles. The van der Waals surface area contributed by atoms with Gasteiger partial charge in [0.05, 0.1) is 16.8 Å². The van der Waals surface area contributed by atoms with Gasteiger partial charge in [0.2, 0.25) is 5.91 Å². The number of para-hydroxylation sites is 1. The highest BCUT2D eigenvalue weighted by atomic mass is 19.4. The lowest BCUT2D eigenvalue weighted by Crippen LogP contribution is -2.18. The van der Waals surface area contributed by atoms with Gasteiger partial charge in [-0.15, -0.1) is 0 Å². The molecule has 2 rings (SSSR count). The summed E-state index contributed by atoms with van der Waals surface area (Å²) in [5.74, 6) is -2.12. The predicted molar refractivity (Wildman–Crippen MR) is 86.8 cm³/mol. The minimum absolute atomic E-state index is 0.116. The van der Waals surface area contributed by atoms with Crippen molar-refractivity contribution in [3.8, 4) is 5.75 Å². The van der Waals surface area contributed by atoms with Crippen molar-refractivity contribution in [2.24, 2.45) is 0 Å². The molecule has 0 aliphatic heterocycles. The van der Waals surface area contributed by atoms with Crippen LogP contribution in [0, 0.1) is 0 Å². The Balaban J connectivity index is 2.37. The van der Waals surface area contributed by atoms with Gasteiger partial charge in [-0.25, -0.2) is 0 Å². The fourth-order valence-corrected chi connectivity index (χ4v) is 2.21. The first-order chi connectivity index (χ1) is 12.6. The van der Waals surface area contributed by atoms with Gasteiger partial charge in [0.25, 0.3) is 5.91 Å². The van der Waals surface area contributed by atoms with Crippen LogP contribution in [0.15, 0.2) is 42.5 Å². The van der Waals surface area contributed by atoms with E-state index in [1.807, 2.05) is 5.32 Å². The van der Waals surface area contributed by atoms with Gasteiger partial charge >= 0.3 is 12.8 Å². The Morgan fingerprint density at radius 3 is 2.30 bits per heavy atom. The van der Waals surface area contributed by atoms with Crippen molar-refractivity contribution in [1.29, 1.82) is 0 Å². The second-order valence-corrected chi connectivity index (χ2v) is 5.27. The maximum atomic E-state index is 13.3. The molecule has 10 heteroatoms. The normalized spacial score (nSPS) is 11.2. The molecule has 27 heavy (non-hydrogen) atoms. The molecule has 0 aliphatic carbocycles. The summed E-state index contributed by atoms with van der Waals surface area (Å²) >= 11 is 0. The lowest BCUT2D eigenvalue weighted by molar-refractivity contribution is -0.137. The van der Waals surface area contributed by atoms with Crippen LogP contribution in [0.1, 0.15) is 22.8 Å². The lowest BCUT2D eigenvalue weighted by Gasteiger charge is -2.16.